The van der Waals surface area contributed by atoms with Gasteiger partial charge >= 0.3 is 0 Å². The van der Waals surface area contributed by atoms with Crippen molar-refractivity contribution in [3.63, 3.8) is 0 Å². The minimum absolute atomic E-state index is 0.245. The monoisotopic (exact) mass is 263 g/mol. The molecule has 1 heterocycles. The number of rotatable bonds is 3. The Hall–Kier alpha value is -1.74. The molecule has 0 atom stereocenters. The average Bonchev–Trinajstić information content (AvgIpc) is 2.82. The van der Waals surface area contributed by atoms with Gasteiger partial charge in [0.1, 0.15) is 0 Å². The van der Waals surface area contributed by atoms with Crippen molar-refractivity contribution in [2.75, 3.05) is 0 Å². The second-order valence-corrected chi connectivity index (χ2v) is 5.00. The Labute approximate surface area is 111 Å². The van der Waals surface area contributed by atoms with Crippen molar-refractivity contribution in [2.24, 2.45) is 0 Å². The quantitative estimate of drug-likeness (QED) is 0.919. The summed E-state index contributed by atoms with van der Waals surface area (Å²) in [6.45, 7) is 3.83. The molecule has 94 valence electrons. The van der Waals surface area contributed by atoms with Crippen LogP contribution in [0, 0.1) is 0 Å². The molecule has 0 aliphatic carbocycles. The number of carbonyl (C=O) groups is 1. The fraction of sp³-hybridized carbons (Fsp3) is 0.214. The summed E-state index contributed by atoms with van der Waals surface area (Å²) in [7, 11) is 0. The lowest BCUT2D eigenvalue weighted by Gasteiger charge is -2.26. The largest absolute Gasteiger partial charge is 0.459 e. The van der Waals surface area contributed by atoms with Gasteiger partial charge in [-0.2, -0.15) is 0 Å². The average molecular weight is 264 g/mol. The van der Waals surface area contributed by atoms with Gasteiger partial charge in [0.25, 0.3) is 5.91 Å². The zero-order chi connectivity index (χ0) is 13.2. The summed E-state index contributed by atoms with van der Waals surface area (Å²) in [4.78, 5) is 11.9. The first-order valence-corrected chi connectivity index (χ1v) is 5.99. The number of hydrogen-bond donors (Lipinski definition) is 1. The zero-order valence-electron chi connectivity index (χ0n) is 10.2. The van der Waals surface area contributed by atoms with Gasteiger partial charge < -0.3 is 9.73 Å². The molecule has 1 N–H and O–H groups in total. The number of nitrogens with one attached hydrogen (secondary N) is 1. The molecule has 1 aromatic heterocycles. The Morgan fingerprint density at radius 3 is 2.67 bits per heavy atom. The van der Waals surface area contributed by atoms with Gasteiger partial charge in [0, 0.05) is 5.02 Å². The van der Waals surface area contributed by atoms with Gasteiger partial charge in [-0.15, -0.1) is 0 Å². The molecule has 2 aromatic rings. The third-order valence-electron chi connectivity index (χ3n) is 2.72. The van der Waals surface area contributed by atoms with E-state index >= 15 is 0 Å². The molecule has 0 bridgehead atoms. The molecule has 2 rings (SSSR count). The van der Waals surface area contributed by atoms with Crippen LogP contribution in [0.25, 0.3) is 0 Å². The SMILES string of the molecule is CC(C)(NC(=O)c1ccco1)c1cccc(Cl)c1. The topological polar surface area (TPSA) is 42.2 Å². The molecule has 0 saturated carbocycles. The van der Waals surface area contributed by atoms with Gasteiger partial charge in [-0.25, -0.2) is 0 Å². The third kappa shape index (κ3) is 2.74. The molecule has 0 aliphatic heterocycles. The zero-order valence-corrected chi connectivity index (χ0v) is 11.0. The second kappa shape index (κ2) is 4.86. The number of benzene rings is 1. The fourth-order valence-corrected chi connectivity index (χ4v) is 1.89. The lowest BCUT2D eigenvalue weighted by atomic mass is 9.94. The molecular formula is C14H14ClNO2. The van der Waals surface area contributed by atoms with Crippen molar-refractivity contribution in [1.82, 2.24) is 5.32 Å². The van der Waals surface area contributed by atoms with E-state index < -0.39 is 5.54 Å². The standard InChI is InChI=1S/C14H14ClNO2/c1-14(2,10-5-3-6-11(15)9-10)16-13(17)12-7-4-8-18-12/h3-9H,1-2H3,(H,16,17). The minimum Gasteiger partial charge on any atom is -0.459 e. The summed E-state index contributed by atoms with van der Waals surface area (Å²) in [5, 5.41) is 3.56. The maximum absolute atomic E-state index is 11.9. The van der Waals surface area contributed by atoms with Crippen LogP contribution in [0.4, 0.5) is 0 Å². The van der Waals surface area contributed by atoms with Crippen molar-refractivity contribution >= 4 is 17.5 Å². The highest BCUT2D eigenvalue weighted by Gasteiger charge is 2.24. The first-order valence-electron chi connectivity index (χ1n) is 5.61. The van der Waals surface area contributed by atoms with E-state index in [2.05, 4.69) is 5.32 Å². The van der Waals surface area contributed by atoms with Crippen LogP contribution in [-0.4, -0.2) is 5.91 Å². The van der Waals surface area contributed by atoms with Crippen molar-refractivity contribution in [1.29, 1.82) is 0 Å². The Balaban J connectivity index is 2.19. The van der Waals surface area contributed by atoms with E-state index in [0.717, 1.165) is 5.56 Å². The van der Waals surface area contributed by atoms with Crippen LogP contribution in [0.15, 0.2) is 47.1 Å². The van der Waals surface area contributed by atoms with E-state index in [4.69, 9.17) is 16.0 Å². The normalized spacial score (nSPS) is 11.3. The van der Waals surface area contributed by atoms with E-state index in [9.17, 15) is 4.79 Å². The van der Waals surface area contributed by atoms with E-state index in [0.29, 0.717) is 10.8 Å². The molecule has 3 nitrogen and oxygen atoms in total. The van der Waals surface area contributed by atoms with Gasteiger partial charge in [-0.1, -0.05) is 23.7 Å². The molecule has 0 spiro atoms. The number of furan rings is 1. The van der Waals surface area contributed by atoms with Gasteiger partial charge in [-0.3, -0.25) is 4.79 Å². The summed E-state index contributed by atoms with van der Waals surface area (Å²) < 4.78 is 5.06. The van der Waals surface area contributed by atoms with E-state index in [1.54, 1.807) is 18.2 Å². The molecule has 1 aromatic carbocycles. The van der Waals surface area contributed by atoms with Crippen LogP contribution >= 0.6 is 11.6 Å². The van der Waals surface area contributed by atoms with E-state index in [1.807, 2.05) is 32.0 Å². The van der Waals surface area contributed by atoms with Crippen LogP contribution in [0.3, 0.4) is 0 Å². The molecule has 0 aliphatic rings. The predicted octanol–water partition coefficient (Wildman–Crippen LogP) is 3.60. The maximum atomic E-state index is 11.9. The smallest absolute Gasteiger partial charge is 0.287 e. The highest BCUT2D eigenvalue weighted by atomic mass is 35.5. The van der Waals surface area contributed by atoms with Crippen LogP contribution < -0.4 is 5.32 Å². The summed E-state index contributed by atoms with van der Waals surface area (Å²) >= 11 is 5.96. The van der Waals surface area contributed by atoms with Crippen LogP contribution in [0.1, 0.15) is 30.0 Å². The Morgan fingerprint density at radius 1 is 1.28 bits per heavy atom. The molecule has 18 heavy (non-hydrogen) atoms. The maximum Gasteiger partial charge on any atom is 0.287 e. The summed E-state index contributed by atoms with van der Waals surface area (Å²) in [6, 6.07) is 10.7. The summed E-state index contributed by atoms with van der Waals surface area (Å²) in [6.07, 6.45) is 1.47. The molecule has 0 saturated heterocycles. The minimum atomic E-state index is -0.519. The van der Waals surface area contributed by atoms with Crippen LogP contribution in [0.5, 0.6) is 0 Å². The summed E-state index contributed by atoms with van der Waals surface area (Å²) in [5.74, 6) is 0.0510. The first kappa shape index (κ1) is 12.7. The third-order valence-corrected chi connectivity index (χ3v) is 2.95. The highest BCUT2D eigenvalue weighted by Crippen LogP contribution is 2.23. The van der Waals surface area contributed by atoms with Crippen LogP contribution in [0.2, 0.25) is 5.02 Å². The Bertz CT molecular complexity index is 547. The molecule has 1 amide bonds. The molecule has 0 radical (unpaired) electrons. The van der Waals surface area contributed by atoms with Gasteiger partial charge in [0.2, 0.25) is 0 Å². The van der Waals surface area contributed by atoms with Gasteiger partial charge in [0.15, 0.2) is 5.76 Å². The van der Waals surface area contributed by atoms with Crippen molar-refractivity contribution in [3.8, 4) is 0 Å². The van der Waals surface area contributed by atoms with Crippen molar-refractivity contribution < 1.29 is 9.21 Å². The second-order valence-electron chi connectivity index (χ2n) is 4.57. The molecule has 0 fully saturated rings. The lowest BCUT2D eigenvalue weighted by molar-refractivity contribution is 0.0883. The molecule has 0 unspecified atom stereocenters. The Morgan fingerprint density at radius 2 is 2.06 bits per heavy atom. The Kier molecular flexibility index (Phi) is 3.43. The van der Waals surface area contributed by atoms with Gasteiger partial charge in [-0.05, 0) is 43.7 Å². The van der Waals surface area contributed by atoms with Crippen LogP contribution in [-0.2, 0) is 5.54 Å². The number of carbonyl (C=O) groups excluding carboxylic acids is 1. The molecular weight excluding hydrogens is 250 g/mol. The predicted molar refractivity (Wildman–Crippen MR) is 70.7 cm³/mol. The van der Waals surface area contributed by atoms with E-state index in [1.165, 1.54) is 6.26 Å². The first-order chi connectivity index (χ1) is 8.49. The molecule has 4 heteroatoms. The summed E-state index contributed by atoms with van der Waals surface area (Å²) in [5.41, 5.74) is 0.421. The highest BCUT2D eigenvalue weighted by molar-refractivity contribution is 6.30. The van der Waals surface area contributed by atoms with Gasteiger partial charge in [0.05, 0.1) is 11.8 Å². The number of hydrogen-bond acceptors (Lipinski definition) is 2. The fourth-order valence-electron chi connectivity index (χ4n) is 1.70. The van der Waals surface area contributed by atoms with Crippen molar-refractivity contribution in [2.45, 2.75) is 19.4 Å². The number of halogens is 1. The van der Waals surface area contributed by atoms with E-state index in [-0.39, 0.29) is 5.91 Å². The number of amides is 1. The lowest BCUT2D eigenvalue weighted by Crippen LogP contribution is -2.40. The van der Waals surface area contributed by atoms with Crippen molar-refractivity contribution in [3.05, 3.63) is 59.0 Å².